The molecule has 0 N–H and O–H groups in total. The Morgan fingerprint density at radius 3 is 2.53 bits per heavy atom. The summed E-state index contributed by atoms with van der Waals surface area (Å²) in [6, 6.07) is 15.3. The Labute approximate surface area is 184 Å². The summed E-state index contributed by atoms with van der Waals surface area (Å²) in [4.78, 5) is 23.9. The molecular weight excluding hydrogens is 421 g/mol. The fourth-order valence-electron chi connectivity index (χ4n) is 4.22. The smallest absolute Gasteiger partial charge is 0.170 e. The van der Waals surface area contributed by atoms with Crippen molar-refractivity contribution in [3.63, 3.8) is 0 Å². The number of piperidine rings is 1. The number of halogens is 2. The van der Waals surface area contributed by atoms with Gasteiger partial charge in [0.25, 0.3) is 0 Å². The summed E-state index contributed by atoms with van der Waals surface area (Å²) in [5.41, 5.74) is 1.89. The molecule has 1 spiro atoms. The predicted molar refractivity (Wildman–Crippen MR) is 118 cm³/mol. The van der Waals surface area contributed by atoms with Gasteiger partial charge in [-0.25, -0.2) is 9.97 Å². The van der Waals surface area contributed by atoms with E-state index in [0.29, 0.717) is 40.6 Å². The number of fused-ring (bicyclic) bond motifs is 1. The average molecular weight is 440 g/mol. The number of aromatic nitrogens is 2. The summed E-state index contributed by atoms with van der Waals surface area (Å²) in [6.45, 7) is 1.47. The Balaban J connectivity index is 1.35. The number of hydrogen-bond donors (Lipinski definition) is 0. The van der Waals surface area contributed by atoms with Crippen molar-refractivity contribution in [1.29, 1.82) is 0 Å². The predicted octanol–water partition coefficient (Wildman–Crippen LogP) is 5.45. The van der Waals surface area contributed by atoms with Crippen LogP contribution in [0.1, 0.15) is 29.6 Å². The SMILES string of the molecule is O=C1CC2(CCN(c3cc(-c4ccccc4)ncn3)CC2)Oc2c(Cl)cc(Cl)cc21. The normalized spacial score (nSPS) is 17.5. The molecule has 0 bridgehead atoms. The van der Waals surface area contributed by atoms with Crippen LogP contribution in [0.2, 0.25) is 10.0 Å². The van der Waals surface area contributed by atoms with Gasteiger partial charge in [-0.15, -0.1) is 0 Å². The lowest BCUT2D eigenvalue weighted by Gasteiger charge is -2.44. The molecule has 1 aromatic heterocycles. The van der Waals surface area contributed by atoms with E-state index in [1.807, 2.05) is 36.4 Å². The monoisotopic (exact) mass is 439 g/mol. The maximum absolute atomic E-state index is 12.8. The maximum atomic E-state index is 12.8. The molecule has 152 valence electrons. The van der Waals surface area contributed by atoms with Gasteiger partial charge < -0.3 is 9.64 Å². The highest BCUT2D eigenvalue weighted by Crippen LogP contribution is 2.44. The molecule has 3 aromatic rings. The molecule has 0 radical (unpaired) electrons. The van der Waals surface area contributed by atoms with Gasteiger partial charge in [0.1, 0.15) is 23.5 Å². The van der Waals surface area contributed by atoms with E-state index >= 15 is 0 Å². The molecule has 2 aliphatic heterocycles. The first kappa shape index (κ1) is 19.3. The van der Waals surface area contributed by atoms with E-state index < -0.39 is 5.60 Å². The lowest BCUT2D eigenvalue weighted by molar-refractivity contribution is 0.0232. The number of anilines is 1. The average Bonchev–Trinajstić information content (AvgIpc) is 2.76. The molecule has 1 fully saturated rings. The molecule has 5 nitrogen and oxygen atoms in total. The molecule has 30 heavy (non-hydrogen) atoms. The van der Waals surface area contributed by atoms with Gasteiger partial charge in [0.2, 0.25) is 0 Å². The van der Waals surface area contributed by atoms with Gasteiger partial charge in [-0.2, -0.15) is 0 Å². The molecular formula is C23H19Cl2N3O2. The Hall–Kier alpha value is -2.63. The molecule has 0 saturated carbocycles. The Bertz CT molecular complexity index is 1110. The number of nitrogens with zero attached hydrogens (tertiary/aromatic N) is 3. The third kappa shape index (κ3) is 3.53. The molecule has 0 amide bonds. The van der Waals surface area contributed by atoms with Crippen molar-refractivity contribution in [3.8, 4) is 17.0 Å². The zero-order valence-corrected chi connectivity index (χ0v) is 17.7. The molecule has 0 atom stereocenters. The summed E-state index contributed by atoms with van der Waals surface area (Å²) in [5.74, 6) is 1.37. The first-order valence-corrected chi connectivity index (χ1v) is 10.6. The second kappa shape index (κ2) is 7.56. The summed E-state index contributed by atoms with van der Waals surface area (Å²) < 4.78 is 6.32. The second-order valence-corrected chi connectivity index (χ2v) is 8.61. The van der Waals surface area contributed by atoms with Crippen molar-refractivity contribution < 1.29 is 9.53 Å². The van der Waals surface area contributed by atoms with Gasteiger partial charge in [0, 0.05) is 42.6 Å². The van der Waals surface area contributed by atoms with E-state index in [2.05, 4.69) is 14.9 Å². The van der Waals surface area contributed by atoms with Crippen LogP contribution >= 0.6 is 23.2 Å². The minimum atomic E-state index is -0.534. The lowest BCUT2D eigenvalue weighted by Crippen LogP contribution is -2.51. The molecule has 3 heterocycles. The molecule has 0 aliphatic carbocycles. The third-order valence-electron chi connectivity index (χ3n) is 5.83. The summed E-state index contributed by atoms with van der Waals surface area (Å²) in [5, 5.41) is 0.829. The van der Waals surface area contributed by atoms with E-state index in [0.717, 1.165) is 30.2 Å². The number of carbonyl (C=O) groups is 1. The van der Waals surface area contributed by atoms with Gasteiger partial charge in [0.05, 0.1) is 22.7 Å². The first-order chi connectivity index (χ1) is 14.5. The van der Waals surface area contributed by atoms with Crippen LogP contribution < -0.4 is 9.64 Å². The highest BCUT2D eigenvalue weighted by Gasteiger charge is 2.44. The molecule has 2 aromatic carbocycles. The number of Topliss-reactive ketones (excluding diaryl/α,β-unsaturated/α-hetero) is 1. The van der Waals surface area contributed by atoms with Crippen molar-refractivity contribution in [2.45, 2.75) is 24.9 Å². The van der Waals surface area contributed by atoms with Crippen molar-refractivity contribution >= 4 is 34.8 Å². The molecule has 1 saturated heterocycles. The number of hydrogen-bond acceptors (Lipinski definition) is 5. The quantitative estimate of drug-likeness (QED) is 0.530. The lowest BCUT2D eigenvalue weighted by atomic mass is 9.82. The third-order valence-corrected chi connectivity index (χ3v) is 6.33. The molecule has 5 rings (SSSR count). The summed E-state index contributed by atoms with van der Waals surface area (Å²) in [7, 11) is 0. The number of rotatable bonds is 2. The highest BCUT2D eigenvalue weighted by atomic mass is 35.5. The van der Waals surface area contributed by atoms with Crippen LogP contribution in [0.5, 0.6) is 5.75 Å². The van der Waals surface area contributed by atoms with Gasteiger partial charge in [-0.05, 0) is 12.1 Å². The number of ether oxygens (including phenoxy) is 1. The van der Waals surface area contributed by atoms with E-state index in [9.17, 15) is 4.79 Å². The van der Waals surface area contributed by atoms with Crippen molar-refractivity contribution in [1.82, 2.24) is 9.97 Å². The van der Waals surface area contributed by atoms with E-state index in [1.165, 1.54) is 0 Å². The van der Waals surface area contributed by atoms with Gasteiger partial charge in [0.15, 0.2) is 5.78 Å². The van der Waals surface area contributed by atoms with E-state index in [1.54, 1.807) is 18.5 Å². The Kier molecular flexibility index (Phi) is 4.88. The molecule has 2 aliphatic rings. The van der Waals surface area contributed by atoms with Crippen molar-refractivity contribution in [2.24, 2.45) is 0 Å². The zero-order chi connectivity index (χ0) is 20.7. The number of benzene rings is 2. The Morgan fingerprint density at radius 1 is 1.00 bits per heavy atom. The van der Waals surface area contributed by atoms with Crippen LogP contribution in [0.25, 0.3) is 11.3 Å². The topological polar surface area (TPSA) is 55.3 Å². The van der Waals surface area contributed by atoms with Gasteiger partial charge in [-0.1, -0.05) is 53.5 Å². The number of ketones is 1. The van der Waals surface area contributed by atoms with Crippen LogP contribution in [-0.4, -0.2) is 34.4 Å². The highest BCUT2D eigenvalue weighted by molar-refractivity contribution is 6.36. The van der Waals surface area contributed by atoms with Gasteiger partial charge >= 0.3 is 0 Å². The van der Waals surface area contributed by atoms with Crippen LogP contribution in [0.15, 0.2) is 54.9 Å². The molecule has 7 heteroatoms. The second-order valence-electron chi connectivity index (χ2n) is 7.76. The van der Waals surface area contributed by atoms with Crippen molar-refractivity contribution in [3.05, 3.63) is 70.5 Å². The van der Waals surface area contributed by atoms with Crippen LogP contribution in [0.4, 0.5) is 5.82 Å². The largest absolute Gasteiger partial charge is 0.484 e. The van der Waals surface area contributed by atoms with Crippen LogP contribution in [0, 0.1) is 0 Å². The van der Waals surface area contributed by atoms with E-state index in [-0.39, 0.29) is 5.78 Å². The van der Waals surface area contributed by atoms with Crippen LogP contribution in [-0.2, 0) is 0 Å². The maximum Gasteiger partial charge on any atom is 0.170 e. The molecule has 0 unspecified atom stereocenters. The summed E-state index contributed by atoms with van der Waals surface area (Å²) in [6.07, 6.45) is 3.36. The minimum Gasteiger partial charge on any atom is -0.484 e. The van der Waals surface area contributed by atoms with Crippen molar-refractivity contribution in [2.75, 3.05) is 18.0 Å². The van der Waals surface area contributed by atoms with Gasteiger partial charge in [-0.3, -0.25) is 4.79 Å². The fraction of sp³-hybridized carbons (Fsp3) is 0.261. The van der Waals surface area contributed by atoms with Crippen LogP contribution in [0.3, 0.4) is 0 Å². The zero-order valence-electron chi connectivity index (χ0n) is 16.1. The minimum absolute atomic E-state index is 0.0301. The first-order valence-electron chi connectivity index (χ1n) is 9.87. The number of carbonyl (C=O) groups excluding carboxylic acids is 1. The standard InChI is InChI=1S/C23H19Cl2N3O2/c24-16-10-17-20(29)13-23(30-22(17)18(25)11-16)6-8-28(9-7-23)21-12-19(26-14-27-21)15-4-2-1-3-5-15/h1-5,10-12,14H,6-9,13H2. The Morgan fingerprint density at radius 2 is 1.77 bits per heavy atom. The van der Waals surface area contributed by atoms with E-state index in [4.69, 9.17) is 27.9 Å². The summed E-state index contributed by atoms with van der Waals surface area (Å²) >= 11 is 12.4. The fourth-order valence-corrected chi connectivity index (χ4v) is 4.75.